The Morgan fingerprint density at radius 2 is 1.81 bits per heavy atom. The van der Waals surface area contributed by atoms with Gasteiger partial charge in [0.05, 0.1) is 19.3 Å². The summed E-state index contributed by atoms with van der Waals surface area (Å²) in [5.41, 5.74) is 3.73. The molecular weight excluding hydrogens is 330 g/mol. The number of hydrogen-bond donors (Lipinski definition) is 1. The Balaban J connectivity index is 1.50. The van der Waals surface area contributed by atoms with Crippen LogP contribution in [0.15, 0.2) is 42.5 Å². The van der Waals surface area contributed by atoms with Crippen LogP contribution in [0.3, 0.4) is 0 Å². The first-order valence-corrected chi connectivity index (χ1v) is 9.05. The summed E-state index contributed by atoms with van der Waals surface area (Å²) in [7, 11) is 1.39. The molecular formula is C21H23NO4. The predicted octanol–water partition coefficient (Wildman–Crippen LogP) is 3.37. The van der Waals surface area contributed by atoms with Crippen LogP contribution in [0, 0.1) is 5.92 Å². The quantitative estimate of drug-likeness (QED) is 0.858. The normalized spacial score (nSPS) is 20.1. The molecule has 5 heteroatoms. The Morgan fingerprint density at radius 1 is 1.08 bits per heavy atom. The number of carbonyl (C=O) groups excluding carboxylic acids is 1. The number of fused-ring (bicyclic) bond motifs is 1. The largest absolute Gasteiger partial charge is 0.465 e. The third-order valence-electron chi connectivity index (χ3n) is 5.11. The van der Waals surface area contributed by atoms with Crippen LogP contribution >= 0.6 is 0 Å². The third-order valence-corrected chi connectivity index (χ3v) is 5.11. The van der Waals surface area contributed by atoms with Crippen molar-refractivity contribution in [3.63, 3.8) is 0 Å². The molecule has 2 aliphatic heterocycles. The minimum absolute atomic E-state index is 0.144. The van der Waals surface area contributed by atoms with Gasteiger partial charge in [0, 0.05) is 11.5 Å². The average molecular weight is 353 g/mol. The molecule has 2 aromatic rings. The van der Waals surface area contributed by atoms with Crippen LogP contribution in [0.2, 0.25) is 0 Å². The first-order valence-electron chi connectivity index (χ1n) is 9.05. The van der Waals surface area contributed by atoms with E-state index >= 15 is 0 Å². The molecule has 0 saturated carbocycles. The van der Waals surface area contributed by atoms with Crippen molar-refractivity contribution in [1.29, 1.82) is 0 Å². The summed E-state index contributed by atoms with van der Waals surface area (Å²) in [5, 5.41) is 3.37. The maximum Gasteiger partial charge on any atom is 0.337 e. The molecule has 0 amide bonds. The summed E-state index contributed by atoms with van der Waals surface area (Å²) >= 11 is 0. The number of rotatable bonds is 3. The number of esters is 1. The highest BCUT2D eigenvalue weighted by Gasteiger charge is 2.29. The van der Waals surface area contributed by atoms with Crippen LogP contribution < -0.4 is 10.1 Å². The van der Waals surface area contributed by atoms with Crippen molar-refractivity contribution in [1.82, 2.24) is 5.32 Å². The van der Waals surface area contributed by atoms with E-state index in [0.29, 0.717) is 18.1 Å². The van der Waals surface area contributed by atoms with Gasteiger partial charge in [-0.15, -0.1) is 0 Å². The zero-order chi connectivity index (χ0) is 17.9. The standard InChI is InChI=1S/C21H23NO4/c1-24-20(23)15-4-2-14(3-5-15)17-6-7-19-18(12-17)13-25-21(26-19)16-8-10-22-11-9-16/h2-7,12,16,21-22H,8-11,13H2,1H3. The minimum Gasteiger partial charge on any atom is -0.465 e. The van der Waals surface area contributed by atoms with Crippen molar-refractivity contribution in [3.8, 4) is 16.9 Å². The fourth-order valence-corrected chi connectivity index (χ4v) is 3.58. The van der Waals surface area contributed by atoms with Gasteiger partial charge >= 0.3 is 5.97 Å². The Kier molecular flexibility index (Phi) is 4.91. The lowest BCUT2D eigenvalue weighted by Crippen LogP contribution is -2.39. The topological polar surface area (TPSA) is 56.8 Å². The highest BCUT2D eigenvalue weighted by Crippen LogP contribution is 2.34. The Morgan fingerprint density at radius 3 is 2.54 bits per heavy atom. The van der Waals surface area contributed by atoms with Crippen molar-refractivity contribution in [2.45, 2.75) is 25.7 Å². The minimum atomic E-state index is -0.326. The van der Waals surface area contributed by atoms with Crippen molar-refractivity contribution in [2.75, 3.05) is 20.2 Å². The van der Waals surface area contributed by atoms with Crippen LogP contribution in [0.5, 0.6) is 5.75 Å². The molecule has 2 heterocycles. The van der Waals surface area contributed by atoms with Gasteiger partial charge in [-0.25, -0.2) is 4.79 Å². The average Bonchev–Trinajstić information content (AvgIpc) is 2.73. The summed E-state index contributed by atoms with van der Waals surface area (Å²) in [5.74, 6) is 1.04. The van der Waals surface area contributed by atoms with E-state index in [1.807, 2.05) is 18.2 Å². The Bertz CT molecular complexity index is 781. The second-order valence-corrected chi connectivity index (χ2v) is 6.78. The van der Waals surface area contributed by atoms with Gasteiger partial charge in [-0.05, 0) is 61.3 Å². The van der Waals surface area contributed by atoms with Crippen molar-refractivity contribution >= 4 is 5.97 Å². The van der Waals surface area contributed by atoms with Gasteiger partial charge in [0.25, 0.3) is 0 Å². The van der Waals surface area contributed by atoms with Crippen LogP contribution in [0.4, 0.5) is 0 Å². The number of nitrogens with one attached hydrogen (secondary N) is 1. The second-order valence-electron chi connectivity index (χ2n) is 6.78. The molecule has 136 valence electrons. The molecule has 0 spiro atoms. The Labute approximate surface area is 153 Å². The van der Waals surface area contributed by atoms with Crippen LogP contribution in [0.1, 0.15) is 28.8 Å². The van der Waals surface area contributed by atoms with Gasteiger partial charge in [-0.2, -0.15) is 0 Å². The third kappa shape index (κ3) is 3.45. The van der Waals surface area contributed by atoms with E-state index < -0.39 is 0 Å². The molecule has 0 bridgehead atoms. The zero-order valence-electron chi connectivity index (χ0n) is 14.9. The first kappa shape index (κ1) is 17.1. The number of carbonyl (C=O) groups is 1. The van der Waals surface area contributed by atoms with Gasteiger partial charge in [0.1, 0.15) is 5.75 Å². The van der Waals surface area contributed by atoms with Gasteiger partial charge < -0.3 is 19.5 Å². The molecule has 0 radical (unpaired) electrons. The highest BCUT2D eigenvalue weighted by atomic mass is 16.7. The number of piperidine rings is 1. The predicted molar refractivity (Wildman–Crippen MR) is 98.0 cm³/mol. The molecule has 1 fully saturated rings. The molecule has 0 aromatic heterocycles. The van der Waals surface area contributed by atoms with Crippen LogP contribution in [-0.4, -0.2) is 32.5 Å². The summed E-state index contributed by atoms with van der Waals surface area (Å²) < 4.78 is 16.8. The molecule has 5 nitrogen and oxygen atoms in total. The summed E-state index contributed by atoms with van der Waals surface area (Å²) in [4.78, 5) is 11.6. The fraction of sp³-hybridized carbons (Fsp3) is 0.381. The molecule has 2 aliphatic rings. The van der Waals surface area contributed by atoms with Gasteiger partial charge in [0.2, 0.25) is 6.29 Å². The van der Waals surface area contributed by atoms with Crippen molar-refractivity contribution in [2.24, 2.45) is 5.92 Å². The first-order chi connectivity index (χ1) is 12.7. The van der Waals surface area contributed by atoms with Crippen molar-refractivity contribution < 1.29 is 19.0 Å². The fourth-order valence-electron chi connectivity index (χ4n) is 3.58. The Hall–Kier alpha value is -2.37. The molecule has 2 aromatic carbocycles. The van der Waals surface area contributed by atoms with Crippen LogP contribution in [0.25, 0.3) is 11.1 Å². The van der Waals surface area contributed by atoms with Gasteiger partial charge in [-0.3, -0.25) is 0 Å². The molecule has 1 saturated heterocycles. The van der Waals surface area contributed by atoms with E-state index in [2.05, 4.69) is 17.4 Å². The number of benzene rings is 2. The number of ether oxygens (including phenoxy) is 3. The van der Waals surface area contributed by atoms with E-state index in [1.165, 1.54) is 7.11 Å². The van der Waals surface area contributed by atoms with E-state index in [1.54, 1.807) is 12.1 Å². The lowest BCUT2D eigenvalue weighted by molar-refractivity contribution is -0.145. The molecule has 1 atom stereocenters. The lowest BCUT2D eigenvalue weighted by atomic mass is 9.96. The summed E-state index contributed by atoms with van der Waals surface area (Å²) in [6.07, 6.45) is 2.03. The van der Waals surface area contributed by atoms with E-state index in [4.69, 9.17) is 14.2 Å². The van der Waals surface area contributed by atoms with Crippen molar-refractivity contribution in [3.05, 3.63) is 53.6 Å². The SMILES string of the molecule is COC(=O)c1ccc(-c2ccc3c(c2)COC(C2CCNCC2)O3)cc1. The maximum absolute atomic E-state index is 11.6. The monoisotopic (exact) mass is 353 g/mol. The van der Waals surface area contributed by atoms with E-state index in [9.17, 15) is 4.79 Å². The smallest absolute Gasteiger partial charge is 0.337 e. The lowest BCUT2D eigenvalue weighted by Gasteiger charge is -2.34. The molecule has 0 aliphatic carbocycles. The highest BCUT2D eigenvalue weighted by molar-refractivity contribution is 5.90. The second kappa shape index (κ2) is 7.48. The molecule has 1 N–H and O–H groups in total. The summed E-state index contributed by atoms with van der Waals surface area (Å²) in [6, 6.07) is 13.6. The van der Waals surface area contributed by atoms with E-state index in [-0.39, 0.29) is 12.3 Å². The zero-order valence-corrected chi connectivity index (χ0v) is 14.9. The molecule has 4 rings (SSSR count). The number of methoxy groups -OCH3 is 1. The number of hydrogen-bond acceptors (Lipinski definition) is 5. The van der Waals surface area contributed by atoms with E-state index in [0.717, 1.165) is 48.4 Å². The van der Waals surface area contributed by atoms with Gasteiger partial charge in [-0.1, -0.05) is 18.2 Å². The molecule has 26 heavy (non-hydrogen) atoms. The van der Waals surface area contributed by atoms with Crippen LogP contribution in [-0.2, 0) is 16.1 Å². The maximum atomic E-state index is 11.6. The molecule has 1 unspecified atom stereocenters. The summed E-state index contributed by atoms with van der Waals surface area (Å²) in [6.45, 7) is 2.63. The van der Waals surface area contributed by atoms with Gasteiger partial charge in [0.15, 0.2) is 0 Å².